The average Bonchev–Trinajstić information content (AvgIpc) is 3.31. The van der Waals surface area contributed by atoms with Gasteiger partial charge < -0.3 is 19.5 Å². The van der Waals surface area contributed by atoms with Crippen molar-refractivity contribution in [1.29, 1.82) is 0 Å². The third-order valence-electron chi connectivity index (χ3n) is 4.80. The highest BCUT2D eigenvalue weighted by molar-refractivity contribution is 5.74. The first kappa shape index (κ1) is 18.1. The Labute approximate surface area is 148 Å². The molecule has 0 spiro atoms. The fourth-order valence-electron chi connectivity index (χ4n) is 3.22. The number of piperazine rings is 1. The Morgan fingerprint density at radius 2 is 2.16 bits per heavy atom. The van der Waals surface area contributed by atoms with Crippen LogP contribution in [0.15, 0.2) is 4.52 Å². The van der Waals surface area contributed by atoms with Gasteiger partial charge in [-0.25, -0.2) is 4.79 Å². The first-order chi connectivity index (χ1) is 12.3. The van der Waals surface area contributed by atoms with E-state index < -0.39 is 0 Å². The monoisotopic (exact) mass is 351 g/mol. The summed E-state index contributed by atoms with van der Waals surface area (Å²) in [5, 5.41) is 6.92. The maximum Gasteiger partial charge on any atom is 0.317 e. The zero-order valence-electron chi connectivity index (χ0n) is 15.1. The summed E-state index contributed by atoms with van der Waals surface area (Å²) in [6.07, 6.45) is 4.92. The highest BCUT2D eigenvalue weighted by Crippen LogP contribution is 2.26. The van der Waals surface area contributed by atoms with Crippen molar-refractivity contribution >= 4 is 6.03 Å². The normalized spacial score (nSPS) is 21.6. The SMILES string of the molecule is CCCCN1CCN(C(=O)NCCc2noc([C@@H]3CCCO3)n2)CC1. The molecule has 3 heterocycles. The van der Waals surface area contributed by atoms with E-state index in [1.165, 1.54) is 12.8 Å². The lowest BCUT2D eigenvalue weighted by Gasteiger charge is -2.34. The topological polar surface area (TPSA) is 83.7 Å². The Hall–Kier alpha value is -1.67. The summed E-state index contributed by atoms with van der Waals surface area (Å²) in [5.41, 5.74) is 0. The smallest absolute Gasteiger partial charge is 0.317 e. The molecular formula is C17H29N5O3. The number of ether oxygens (including phenoxy) is 1. The van der Waals surface area contributed by atoms with Crippen LogP contribution in [-0.4, -0.2) is 71.8 Å². The molecule has 0 saturated carbocycles. The third kappa shape index (κ3) is 5.15. The van der Waals surface area contributed by atoms with Crippen molar-refractivity contribution in [2.75, 3.05) is 45.9 Å². The van der Waals surface area contributed by atoms with Crippen LogP contribution in [0, 0.1) is 0 Å². The molecule has 2 saturated heterocycles. The van der Waals surface area contributed by atoms with Crippen LogP contribution < -0.4 is 5.32 Å². The van der Waals surface area contributed by atoms with Gasteiger partial charge in [-0.2, -0.15) is 4.98 Å². The lowest BCUT2D eigenvalue weighted by molar-refractivity contribution is 0.0835. The van der Waals surface area contributed by atoms with E-state index in [0.29, 0.717) is 24.7 Å². The van der Waals surface area contributed by atoms with Gasteiger partial charge in [-0.3, -0.25) is 4.90 Å². The highest BCUT2D eigenvalue weighted by Gasteiger charge is 2.24. The van der Waals surface area contributed by atoms with Crippen LogP contribution >= 0.6 is 0 Å². The standard InChI is InChI=1S/C17H29N5O3/c1-2-3-8-21-9-11-22(12-10-21)17(23)18-7-6-15-19-16(25-20-15)14-5-4-13-24-14/h14H,2-13H2,1H3,(H,18,23)/t14-/m0/s1. The second-order valence-corrected chi connectivity index (χ2v) is 6.71. The number of carbonyl (C=O) groups is 1. The average molecular weight is 351 g/mol. The Morgan fingerprint density at radius 1 is 1.32 bits per heavy atom. The Kier molecular flexibility index (Phi) is 6.63. The van der Waals surface area contributed by atoms with Crippen LogP contribution in [0.1, 0.15) is 50.4 Å². The van der Waals surface area contributed by atoms with Gasteiger partial charge in [0, 0.05) is 45.8 Å². The van der Waals surface area contributed by atoms with E-state index in [9.17, 15) is 4.79 Å². The lowest BCUT2D eigenvalue weighted by atomic mass is 10.2. The van der Waals surface area contributed by atoms with Crippen LogP contribution in [0.4, 0.5) is 4.79 Å². The molecule has 8 heteroatoms. The maximum absolute atomic E-state index is 12.2. The number of urea groups is 1. The van der Waals surface area contributed by atoms with Crippen molar-refractivity contribution in [3.05, 3.63) is 11.7 Å². The zero-order chi connectivity index (χ0) is 17.5. The second-order valence-electron chi connectivity index (χ2n) is 6.71. The number of hydrogen-bond donors (Lipinski definition) is 1. The predicted octanol–water partition coefficient (Wildman–Crippen LogP) is 1.59. The van der Waals surface area contributed by atoms with Gasteiger partial charge >= 0.3 is 6.03 Å². The van der Waals surface area contributed by atoms with E-state index in [-0.39, 0.29) is 12.1 Å². The molecule has 2 aliphatic heterocycles. The zero-order valence-corrected chi connectivity index (χ0v) is 15.1. The first-order valence-electron chi connectivity index (χ1n) is 9.45. The van der Waals surface area contributed by atoms with Crippen LogP contribution in [0.25, 0.3) is 0 Å². The van der Waals surface area contributed by atoms with Crippen LogP contribution in [0.5, 0.6) is 0 Å². The molecule has 2 aliphatic rings. The van der Waals surface area contributed by atoms with Gasteiger partial charge in [-0.05, 0) is 25.8 Å². The minimum Gasteiger partial charge on any atom is -0.368 e. The minimum atomic E-state index is -0.0557. The number of amides is 2. The van der Waals surface area contributed by atoms with E-state index in [0.717, 1.165) is 52.2 Å². The molecule has 0 bridgehead atoms. The summed E-state index contributed by atoms with van der Waals surface area (Å²) in [4.78, 5) is 20.9. The third-order valence-corrected chi connectivity index (χ3v) is 4.80. The molecule has 0 unspecified atom stereocenters. The number of carbonyl (C=O) groups excluding carboxylic acids is 1. The summed E-state index contributed by atoms with van der Waals surface area (Å²) in [6, 6.07) is -0.00186. The molecule has 1 atom stereocenters. The fraction of sp³-hybridized carbons (Fsp3) is 0.824. The van der Waals surface area contributed by atoms with Crippen molar-refractivity contribution in [3.8, 4) is 0 Å². The van der Waals surface area contributed by atoms with Gasteiger partial charge in [-0.1, -0.05) is 18.5 Å². The summed E-state index contributed by atoms with van der Waals surface area (Å²) < 4.78 is 10.8. The largest absolute Gasteiger partial charge is 0.368 e. The Morgan fingerprint density at radius 3 is 2.88 bits per heavy atom. The van der Waals surface area contributed by atoms with Crippen LogP contribution in [-0.2, 0) is 11.2 Å². The summed E-state index contributed by atoms with van der Waals surface area (Å²) in [6.45, 7) is 8.12. The van der Waals surface area contributed by atoms with Crippen molar-refractivity contribution in [1.82, 2.24) is 25.3 Å². The van der Waals surface area contributed by atoms with Gasteiger partial charge in [0.2, 0.25) is 0 Å². The van der Waals surface area contributed by atoms with E-state index in [4.69, 9.17) is 9.26 Å². The first-order valence-corrected chi connectivity index (χ1v) is 9.45. The molecule has 1 aromatic heterocycles. The van der Waals surface area contributed by atoms with E-state index >= 15 is 0 Å². The highest BCUT2D eigenvalue weighted by atomic mass is 16.5. The van der Waals surface area contributed by atoms with Crippen molar-refractivity contribution < 1.29 is 14.1 Å². The summed E-state index contributed by atoms with van der Waals surface area (Å²) in [7, 11) is 0. The van der Waals surface area contributed by atoms with Crippen molar-refractivity contribution in [2.45, 2.75) is 45.1 Å². The maximum atomic E-state index is 12.2. The number of nitrogens with one attached hydrogen (secondary N) is 1. The molecule has 140 valence electrons. The Bertz CT molecular complexity index is 536. The number of aromatic nitrogens is 2. The number of rotatable bonds is 7. The van der Waals surface area contributed by atoms with Gasteiger partial charge in [0.1, 0.15) is 6.10 Å². The predicted molar refractivity (Wildman–Crippen MR) is 92.2 cm³/mol. The summed E-state index contributed by atoms with van der Waals surface area (Å²) in [5.74, 6) is 1.18. The van der Waals surface area contributed by atoms with E-state index in [2.05, 4.69) is 27.3 Å². The van der Waals surface area contributed by atoms with Gasteiger partial charge in [0.25, 0.3) is 5.89 Å². The lowest BCUT2D eigenvalue weighted by Crippen LogP contribution is -2.52. The molecule has 2 amide bonds. The van der Waals surface area contributed by atoms with Gasteiger partial charge in [0.05, 0.1) is 0 Å². The van der Waals surface area contributed by atoms with E-state index in [1.807, 2.05) is 4.90 Å². The van der Waals surface area contributed by atoms with Crippen molar-refractivity contribution in [3.63, 3.8) is 0 Å². The summed E-state index contributed by atoms with van der Waals surface area (Å²) >= 11 is 0. The van der Waals surface area contributed by atoms with Crippen molar-refractivity contribution in [2.24, 2.45) is 0 Å². The minimum absolute atomic E-state index is 0.00186. The van der Waals surface area contributed by atoms with Crippen LogP contribution in [0.3, 0.4) is 0 Å². The van der Waals surface area contributed by atoms with Crippen LogP contribution in [0.2, 0.25) is 0 Å². The molecular weight excluding hydrogens is 322 g/mol. The molecule has 0 radical (unpaired) electrons. The molecule has 2 fully saturated rings. The molecule has 3 rings (SSSR count). The number of hydrogen-bond acceptors (Lipinski definition) is 6. The van der Waals surface area contributed by atoms with Gasteiger partial charge in [0.15, 0.2) is 5.82 Å². The van der Waals surface area contributed by atoms with Gasteiger partial charge in [-0.15, -0.1) is 0 Å². The second kappa shape index (κ2) is 9.15. The number of nitrogens with zero attached hydrogens (tertiary/aromatic N) is 4. The fourth-order valence-corrected chi connectivity index (χ4v) is 3.22. The number of unbranched alkanes of at least 4 members (excludes halogenated alkanes) is 1. The molecule has 0 aromatic carbocycles. The molecule has 1 N–H and O–H groups in total. The van der Waals surface area contributed by atoms with E-state index in [1.54, 1.807) is 0 Å². The molecule has 8 nitrogen and oxygen atoms in total. The quantitative estimate of drug-likeness (QED) is 0.803. The molecule has 0 aliphatic carbocycles. The molecule has 25 heavy (non-hydrogen) atoms. The molecule has 1 aromatic rings. The Balaban J connectivity index is 1.34.